The van der Waals surface area contributed by atoms with E-state index in [9.17, 15) is 9.90 Å². The largest absolute Gasteiger partial charge is 0.396 e. The lowest BCUT2D eigenvalue weighted by molar-refractivity contribution is -0.122. The number of fused-ring (bicyclic) bond motifs is 1. The number of hydrogen-bond acceptors (Lipinski definition) is 3. The van der Waals surface area contributed by atoms with E-state index in [4.69, 9.17) is 11.6 Å². The van der Waals surface area contributed by atoms with Gasteiger partial charge in [0.05, 0.1) is 29.9 Å². The molecule has 1 amide bonds. The summed E-state index contributed by atoms with van der Waals surface area (Å²) in [5.74, 6) is -0.00889. The van der Waals surface area contributed by atoms with Crippen molar-refractivity contribution in [2.45, 2.75) is 32.2 Å². The molecule has 1 aliphatic rings. The van der Waals surface area contributed by atoms with Crippen molar-refractivity contribution >= 4 is 28.4 Å². The zero-order valence-electron chi connectivity index (χ0n) is 12.4. The molecule has 0 saturated heterocycles. The van der Waals surface area contributed by atoms with Crippen LogP contribution in [0.25, 0.3) is 10.9 Å². The summed E-state index contributed by atoms with van der Waals surface area (Å²) in [5, 5.41) is 18.2. The van der Waals surface area contributed by atoms with Crippen LogP contribution in [0.3, 0.4) is 0 Å². The second kappa shape index (κ2) is 6.26. The number of nitrogens with zero attached hydrogens (tertiary/aromatic N) is 2. The topological polar surface area (TPSA) is 67.2 Å². The molecule has 3 rings (SSSR count). The number of rotatable bonds is 6. The molecule has 5 nitrogen and oxygen atoms in total. The smallest absolute Gasteiger partial charge is 0.221 e. The van der Waals surface area contributed by atoms with Gasteiger partial charge in [-0.2, -0.15) is 5.10 Å². The molecule has 1 aromatic heterocycles. The number of aryl methyl sites for hydroxylation is 1. The number of aliphatic hydroxyl groups excluding tert-OH is 1. The maximum Gasteiger partial charge on any atom is 0.221 e. The lowest BCUT2D eigenvalue weighted by atomic mass is 9.69. The molecule has 6 heteroatoms. The number of benzene rings is 1. The molecule has 118 valence electrons. The maximum absolute atomic E-state index is 12.0. The van der Waals surface area contributed by atoms with Gasteiger partial charge in [0.2, 0.25) is 5.91 Å². The van der Waals surface area contributed by atoms with Crippen LogP contribution >= 0.6 is 11.6 Å². The van der Waals surface area contributed by atoms with E-state index in [1.165, 1.54) is 0 Å². The molecular formula is C16H20ClN3O2. The molecule has 1 fully saturated rings. The van der Waals surface area contributed by atoms with Crippen LogP contribution in [0.15, 0.2) is 24.4 Å². The van der Waals surface area contributed by atoms with Crippen molar-refractivity contribution in [1.29, 1.82) is 0 Å². The van der Waals surface area contributed by atoms with E-state index in [2.05, 4.69) is 10.4 Å². The van der Waals surface area contributed by atoms with Crippen LogP contribution in [0.2, 0.25) is 5.02 Å². The summed E-state index contributed by atoms with van der Waals surface area (Å²) in [6.45, 7) is 1.23. The van der Waals surface area contributed by atoms with Crippen molar-refractivity contribution in [3.63, 3.8) is 0 Å². The van der Waals surface area contributed by atoms with Gasteiger partial charge in [0.25, 0.3) is 0 Å². The molecule has 0 bridgehead atoms. The van der Waals surface area contributed by atoms with Crippen LogP contribution in [0.1, 0.15) is 25.7 Å². The zero-order valence-corrected chi connectivity index (χ0v) is 13.1. The highest BCUT2D eigenvalue weighted by atomic mass is 35.5. The second-order valence-electron chi connectivity index (χ2n) is 6.08. The monoisotopic (exact) mass is 321 g/mol. The van der Waals surface area contributed by atoms with Crippen LogP contribution in [0, 0.1) is 5.41 Å². The van der Waals surface area contributed by atoms with Gasteiger partial charge < -0.3 is 10.4 Å². The number of hydrogen-bond donors (Lipinski definition) is 2. The Kier molecular flexibility index (Phi) is 4.36. The second-order valence-corrected chi connectivity index (χ2v) is 6.49. The quantitative estimate of drug-likeness (QED) is 0.858. The fourth-order valence-electron chi connectivity index (χ4n) is 2.90. The minimum absolute atomic E-state index is 0.00889. The lowest BCUT2D eigenvalue weighted by Crippen LogP contribution is -2.44. The fourth-order valence-corrected chi connectivity index (χ4v) is 3.11. The number of carbonyl (C=O) groups excluding carboxylic acids is 1. The van der Waals surface area contributed by atoms with Crippen LogP contribution in [-0.4, -0.2) is 33.9 Å². The molecule has 1 aromatic carbocycles. The van der Waals surface area contributed by atoms with Crippen molar-refractivity contribution in [3.05, 3.63) is 29.4 Å². The van der Waals surface area contributed by atoms with Crippen molar-refractivity contribution in [2.24, 2.45) is 5.41 Å². The zero-order chi connectivity index (χ0) is 15.6. The highest BCUT2D eigenvalue weighted by Crippen LogP contribution is 2.39. The Morgan fingerprint density at radius 2 is 2.27 bits per heavy atom. The molecule has 0 unspecified atom stereocenters. The number of nitrogens with one attached hydrogen (secondary N) is 1. The number of aliphatic hydroxyl groups is 1. The molecule has 1 aliphatic carbocycles. The minimum Gasteiger partial charge on any atom is -0.396 e. The van der Waals surface area contributed by atoms with E-state index in [1.54, 1.807) is 10.9 Å². The normalized spacial score (nSPS) is 16.5. The lowest BCUT2D eigenvalue weighted by Gasteiger charge is -2.40. The van der Waals surface area contributed by atoms with Crippen LogP contribution in [-0.2, 0) is 11.3 Å². The summed E-state index contributed by atoms with van der Waals surface area (Å²) in [4.78, 5) is 12.0. The Hall–Kier alpha value is -1.59. The number of amides is 1. The van der Waals surface area contributed by atoms with Crippen molar-refractivity contribution in [2.75, 3.05) is 13.2 Å². The van der Waals surface area contributed by atoms with Crippen molar-refractivity contribution < 1.29 is 9.90 Å². The predicted octanol–water partition coefficient (Wildman–Crippen LogP) is 2.36. The Morgan fingerprint density at radius 3 is 2.95 bits per heavy atom. The van der Waals surface area contributed by atoms with Gasteiger partial charge in [0.15, 0.2) is 0 Å². The van der Waals surface area contributed by atoms with Gasteiger partial charge >= 0.3 is 0 Å². The molecular weight excluding hydrogens is 302 g/mol. The third-order valence-corrected chi connectivity index (χ3v) is 4.92. The molecule has 2 N–H and O–H groups in total. The first-order valence-corrected chi connectivity index (χ1v) is 7.99. The minimum atomic E-state index is -0.0818. The fraction of sp³-hybridized carbons (Fsp3) is 0.500. The predicted molar refractivity (Wildman–Crippen MR) is 85.7 cm³/mol. The summed E-state index contributed by atoms with van der Waals surface area (Å²) < 4.78 is 1.80. The SMILES string of the molecule is O=C(CCn1ncc2c(Cl)cccc21)NCC1(CO)CCC1. The average molecular weight is 322 g/mol. The first-order chi connectivity index (χ1) is 10.6. The molecule has 1 heterocycles. The summed E-state index contributed by atoms with van der Waals surface area (Å²) in [5.41, 5.74) is 0.854. The highest BCUT2D eigenvalue weighted by molar-refractivity contribution is 6.35. The van der Waals surface area contributed by atoms with Gasteiger partial charge in [-0.3, -0.25) is 9.48 Å². The molecule has 2 aromatic rings. The van der Waals surface area contributed by atoms with E-state index in [0.717, 1.165) is 30.2 Å². The number of halogens is 1. The summed E-state index contributed by atoms with van der Waals surface area (Å²) in [6.07, 6.45) is 5.21. The Morgan fingerprint density at radius 1 is 1.45 bits per heavy atom. The Labute approximate surface area is 134 Å². The Bertz CT molecular complexity index is 674. The van der Waals surface area contributed by atoms with Crippen molar-refractivity contribution in [3.8, 4) is 0 Å². The first-order valence-electron chi connectivity index (χ1n) is 7.61. The third kappa shape index (κ3) is 2.96. The van der Waals surface area contributed by atoms with Gasteiger partial charge in [-0.05, 0) is 25.0 Å². The summed E-state index contributed by atoms with van der Waals surface area (Å²) in [7, 11) is 0. The van der Waals surface area contributed by atoms with Gasteiger partial charge in [0.1, 0.15) is 0 Å². The molecule has 0 spiro atoms. The van der Waals surface area contributed by atoms with E-state index in [-0.39, 0.29) is 17.9 Å². The van der Waals surface area contributed by atoms with Gasteiger partial charge in [-0.25, -0.2) is 0 Å². The van der Waals surface area contributed by atoms with Crippen LogP contribution in [0.5, 0.6) is 0 Å². The van der Waals surface area contributed by atoms with Crippen LogP contribution in [0.4, 0.5) is 0 Å². The number of carbonyl (C=O) groups is 1. The molecule has 0 atom stereocenters. The van der Waals surface area contributed by atoms with E-state index in [0.29, 0.717) is 24.5 Å². The third-order valence-electron chi connectivity index (χ3n) is 4.60. The number of aromatic nitrogens is 2. The molecule has 0 aliphatic heterocycles. The summed E-state index contributed by atoms with van der Waals surface area (Å²) in [6, 6.07) is 5.65. The molecule has 0 radical (unpaired) electrons. The van der Waals surface area contributed by atoms with Crippen LogP contribution < -0.4 is 5.32 Å². The standard InChI is InChI=1S/C16H20ClN3O2/c17-13-3-1-4-14-12(13)9-19-20(14)8-5-15(22)18-10-16(11-21)6-2-7-16/h1,3-4,9,21H,2,5-8,10-11H2,(H,18,22). The van der Waals surface area contributed by atoms with E-state index in [1.807, 2.05) is 18.2 Å². The maximum atomic E-state index is 12.0. The van der Waals surface area contributed by atoms with Gasteiger partial charge in [-0.15, -0.1) is 0 Å². The van der Waals surface area contributed by atoms with Gasteiger partial charge in [0, 0.05) is 23.8 Å². The Balaban J connectivity index is 1.55. The van der Waals surface area contributed by atoms with E-state index < -0.39 is 0 Å². The summed E-state index contributed by atoms with van der Waals surface area (Å²) >= 11 is 6.12. The highest BCUT2D eigenvalue weighted by Gasteiger charge is 2.36. The van der Waals surface area contributed by atoms with Gasteiger partial charge in [-0.1, -0.05) is 24.1 Å². The molecule has 1 saturated carbocycles. The van der Waals surface area contributed by atoms with Crippen molar-refractivity contribution in [1.82, 2.24) is 15.1 Å². The van der Waals surface area contributed by atoms with E-state index >= 15 is 0 Å². The first kappa shape index (κ1) is 15.3. The molecule has 22 heavy (non-hydrogen) atoms. The average Bonchev–Trinajstić information content (AvgIpc) is 2.89.